The summed E-state index contributed by atoms with van der Waals surface area (Å²) in [5, 5.41) is 23.0. The zero-order chi connectivity index (χ0) is 15.6. The van der Waals surface area contributed by atoms with Crippen LogP contribution in [0.25, 0.3) is 0 Å². The molecule has 7 nitrogen and oxygen atoms in total. The molecule has 1 atom stereocenters. The lowest BCUT2D eigenvalue weighted by Crippen LogP contribution is -2.36. The van der Waals surface area contributed by atoms with E-state index in [4.69, 9.17) is 5.11 Å². The van der Waals surface area contributed by atoms with Crippen molar-refractivity contribution in [2.75, 3.05) is 18.9 Å². The molecule has 2 rings (SSSR count). The SMILES string of the molecule is CC(CNc1ccc([N+](=O)[O-])c(C(=O)O)c1)N(C)C1CC1. The predicted molar refractivity (Wildman–Crippen MR) is 78.8 cm³/mol. The number of nitro benzene ring substituents is 1. The summed E-state index contributed by atoms with van der Waals surface area (Å²) < 4.78 is 0. The molecule has 1 aliphatic rings. The molecule has 1 unspecified atom stereocenters. The van der Waals surface area contributed by atoms with Crippen molar-refractivity contribution in [3.63, 3.8) is 0 Å². The lowest BCUT2D eigenvalue weighted by Gasteiger charge is -2.25. The van der Waals surface area contributed by atoms with Gasteiger partial charge in [0, 0.05) is 30.4 Å². The average molecular weight is 293 g/mol. The molecule has 0 aliphatic heterocycles. The van der Waals surface area contributed by atoms with E-state index in [1.165, 1.54) is 31.0 Å². The summed E-state index contributed by atoms with van der Waals surface area (Å²) in [5.74, 6) is -1.30. The molecule has 7 heteroatoms. The number of carbonyl (C=O) groups is 1. The van der Waals surface area contributed by atoms with Crippen molar-refractivity contribution in [2.45, 2.75) is 31.8 Å². The van der Waals surface area contributed by atoms with Crippen LogP contribution in [0.4, 0.5) is 11.4 Å². The van der Waals surface area contributed by atoms with Crippen molar-refractivity contribution in [1.82, 2.24) is 4.90 Å². The van der Waals surface area contributed by atoms with Crippen LogP contribution >= 0.6 is 0 Å². The van der Waals surface area contributed by atoms with E-state index in [1.54, 1.807) is 0 Å². The highest BCUT2D eigenvalue weighted by atomic mass is 16.6. The Morgan fingerprint density at radius 2 is 2.24 bits per heavy atom. The Labute approximate surface area is 122 Å². The molecule has 1 saturated carbocycles. The monoisotopic (exact) mass is 293 g/mol. The molecule has 0 radical (unpaired) electrons. The Hall–Kier alpha value is -2.15. The first kappa shape index (κ1) is 15.2. The van der Waals surface area contributed by atoms with E-state index in [2.05, 4.69) is 24.2 Å². The van der Waals surface area contributed by atoms with E-state index < -0.39 is 16.6 Å². The van der Waals surface area contributed by atoms with Crippen LogP contribution in [0.3, 0.4) is 0 Å². The minimum Gasteiger partial charge on any atom is -0.477 e. The van der Waals surface area contributed by atoms with E-state index in [1.807, 2.05) is 0 Å². The molecule has 21 heavy (non-hydrogen) atoms. The van der Waals surface area contributed by atoms with Crippen LogP contribution in [-0.4, -0.2) is 46.6 Å². The fourth-order valence-electron chi connectivity index (χ4n) is 2.23. The molecule has 0 bridgehead atoms. The first-order chi connectivity index (χ1) is 9.90. The summed E-state index contributed by atoms with van der Waals surface area (Å²) in [6.07, 6.45) is 2.45. The lowest BCUT2D eigenvalue weighted by atomic mass is 10.1. The predicted octanol–water partition coefficient (Wildman–Crippen LogP) is 2.19. The third kappa shape index (κ3) is 3.69. The standard InChI is InChI=1S/C14H19N3O4/c1-9(16(2)11-4-5-11)8-15-10-3-6-13(17(20)21)12(7-10)14(18)19/h3,6-7,9,11,15H,4-5,8H2,1-2H3,(H,18,19). The zero-order valence-corrected chi connectivity index (χ0v) is 12.1. The van der Waals surface area contributed by atoms with Crippen LogP contribution in [0.5, 0.6) is 0 Å². The molecule has 114 valence electrons. The van der Waals surface area contributed by atoms with Gasteiger partial charge in [-0.05, 0) is 38.9 Å². The molecule has 0 saturated heterocycles. The van der Waals surface area contributed by atoms with Gasteiger partial charge in [-0.15, -0.1) is 0 Å². The Morgan fingerprint density at radius 1 is 1.57 bits per heavy atom. The molecule has 1 aromatic rings. The largest absolute Gasteiger partial charge is 0.477 e. The van der Waals surface area contributed by atoms with E-state index in [0.29, 0.717) is 24.3 Å². The Kier molecular flexibility index (Phi) is 4.42. The fraction of sp³-hybridized carbons (Fsp3) is 0.500. The quantitative estimate of drug-likeness (QED) is 0.591. The lowest BCUT2D eigenvalue weighted by molar-refractivity contribution is -0.385. The first-order valence-electron chi connectivity index (χ1n) is 6.87. The first-order valence-corrected chi connectivity index (χ1v) is 6.87. The smallest absolute Gasteiger partial charge is 0.342 e. The molecular weight excluding hydrogens is 274 g/mol. The minimum absolute atomic E-state index is 0.298. The molecule has 1 aromatic carbocycles. The van der Waals surface area contributed by atoms with Crippen molar-refractivity contribution in [3.05, 3.63) is 33.9 Å². The number of hydrogen-bond acceptors (Lipinski definition) is 5. The topological polar surface area (TPSA) is 95.7 Å². The molecule has 0 aromatic heterocycles. The van der Waals surface area contributed by atoms with E-state index in [0.717, 1.165) is 0 Å². The number of nitrogens with zero attached hydrogens (tertiary/aromatic N) is 2. The van der Waals surface area contributed by atoms with Gasteiger partial charge in [0.05, 0.1) is 4.92 Å². The number of anilines is 1. The Morgan fingerprint density at radius 3 is 2.76 bits per heavy atom. The summed E-state index contributed by atoms with van der Waals surface area (Å²) in [6.45, 7) is 2.75. The van der Waals surface area contributed by atoms with Gasteiger partial charge in [0.15, 0.2) is 0 Å². The molecule has 0 heterocycles. The second kappa shape index (κ2) is 6.09. The fourth-order valence-corrected chi connectivity index (χ4v) is 2.23. The van der Waals surface area contributed by atoms with Gasteiger partial charge in [-0.3, -0.25) is 15.0 Å². The average Bonchev–Trinajstić information content (AvgIpc) is 3.27. The second-order valence-corrected chi connectivity index (χ2v) is 5.42. The number of carboxylic acid groups (broad SMARTS) is 1. The number of nitrogens with one attached hydrogen (secondary N) is 1. The summed E-state index contributed by atoms with van der Waals surface area (Å²) in [6, 6.07) is 5.02. The maximum Gasteiger partial charge on any atom is 0.342 e. The highest BCUT2D eigenvalue weighted by Crippen LogP contribution is 2.27. The van der Waals surface area contributed by atoms with E-state index >= 15 is 0 Å². The summed E-state index contributed by atoms with van der Waals surface area (Å²) in [4.78, 5) is 23.5. The van der Waals surface area contributed by atoms with Gasteiger partial charge in [0.25, 0.3) is 5.69 Å². The van der Waals surface area contributed by atoms with Crippen molar-refractivity contribution in [1.29, 1.82) is 0 Å². The van der Waals surface area contributed by atoms with Gasteiger partial charge >= 0.3 is 5.97 Å². The maximum atomic E-state index is 11.1. The third-order valence-electron chi connectivity index (χ3n) is 3.84. The van der Waals surface area contributed by atoms with Crippen LogP contribution < -0.4 is 5.32 Å². The number of hydrogen-bond donors (Lipinski definition) is 2. The Bertz CT molecular complexity index is 557. The van der Waals surface area contributed by atoms with Crippen LogP contribution in [0.15, 0.2) is 18.2 Å². The Balaban J connectivity index is 2.04. The number of benzene rings is 1. The zero-order valence-electron chi connectivity index (χ0n) is 12.1. The summed E-state index contributed by atoms with van der Waals surface area (Å²) >= 11 is 0. The summed E-state index contributed by atoms with van der Waals surface area (Å²) in [7, 11) is 2.07. The van der Waals surface area contributed by atoms with Gasteiger partial charge in [0.1, 0.15) is 5.56 Å². The van der Waals surface area contributed by atoms with Crippen LogP contribution in [-0.2, 0) is 0 Å². The molecule has 0 amide bonds. The van der Waals surface area contributed by atoms with E-state index in [9.17, 15) is 14.9 Å². The minimum atomic E-state index is -1.30. The van der Waals surface area contributed by atoms with Crippen LogP contribution in [0.1, 0.15) is 30.1 Å². The van der Waals surface area contributed by atoms with Crippen LogP contribution in [0.2, 0.25) is 0 Å². The van der Waals surface area contributed by atoms with Crippen molar-refractivity contribution < 1.29 is 14.8 Å². The number of rotatable bonds is 7. The van der Waals surface area contributed by atoms with E-state index in [-0.39, 0.29) is 5.56 Å². The van der Waals surface area contributed by atoms with Crippen LogP contribution in [0, 0.1) is 10.1 Å². The second-order valence-electron chi connectivity index (χ2n) is 5.42. The number of likely N-dealkylation sites (N-methyl/N-ethyl adjacent to an activating group) is 1. The van der Waals surface area contributed by atoms with Gasteiger partial charge in [-0.25, -0.2) is 4.79 Å². The normalized spacial score (nSPS) is 15.8. The van der Waals surface area contributed by atoms with Gasteiger partial charge in [0.2, 0.25) is 0 Å². The van der Waals surface area contributed by atoms with Gasteiger partial charge in [-0.2, -0.15) is 0 Å². The maximum absolute atomic E-state index is 11.1. The number of aromatic carboxylic acids is 1. The highest BCUT2D eigenvalue weighted by molar-refractivity contribution is 5.93. The van der Waals surface area contributed by atoms with Gasteiger partial charge < -0.3 is 10.4 Å². The number of carboxylic acids is 1. The highest BCUT2D eigenvalue weighted by Gasteiger charge is 2.29. The molecule has 0 spiro atoms. The molecular formula is C14H19N3O4. The number of nitro groups is 1. The summed E-state index contributed by atoms with van der Waals surface area (Å²) in [5.41, 5.74) is -0.113. The van der Waals surface area contributed by atoms with Crippen molar-refractivity contribution >= 4 is 17.3 Å². The molecule has 2 N–H and O–H groups in total. The van der Waals surface area contributed by atoms with Crippen molar-refractivity contribution in [3.8, 4) is 0 Å². The third-order valence-corrected chi connectivity index (χ3v) is 3.84. The van der Waals surface area contributed by atoms with Crippen molar-refractivity contribution in [2.24, 2.45) is 0 Å². The molecule has 1 fully saturated rings. The van der Waals surface area contributed by atoms with Gasteiger partial charge in [-0.1, -0.05) is 0 Å². The molecule has 1 aliphatic carbocycles.